The summed E-state index contributed by atoms with van der Waals surface area (Å²) in [6.45, 7) is 14.5. The Morgan fingerprint density at radius 3 is 1.03 bits per heavy atom. The van der Waals surface area contributed by atoms with E-state index >= 15 is 0 Å². The molecule has 3 heterocycles. The average molecular weight is 899 g/mol. The van der Waals surface area contributed by atoms with Gasteiger partial charge in [0, 0.05) is 59.8 Å². The molecule has 0 fully saturated rings. The predicted octanol–water partition coefficient (Wildman–Crippen LogP) is 14.9. The van der Waals surface area contributed by atoms with Crippen LogP contribution in [0, 0.1) is 76.0 Å². The largest absolute Gasteiger partial charge is 0.212 e. The minimum absolute atomic E-state index is 0.309. The molecule has 0 spiro atoms. The second-order valence-electron chi connectivity index (χ2n) is 18.5. The molecule has 68 heavy (non-hydrogen) atoms. The number of aryl methyl sites for hydroxylation is 14. The first-order chi connectivity index (χ1) is 34.9. The molecule has 0 unspecified atom stereocenters. The lowest BCUT2D eigenvalue weighted by molar-refractivity contribution is -0.660. The van der Waals surface area contributed by atoms with Crippen LogP contribution in [0.4, 0.5) is 0 Å². The van der Waals surface area contributed by atoms with Gasteiger partial charge in [0.25, 0.3) is 0 Å². The summed E-state index contributed by atoms with van der Waals surface area (Å²) in [6.07, 6.45) is 6.03. The fourth-order valence-corrected chi connectivity index (χ4v) is 9.15. The zero-order valence-electron chi connectivity index (χ0n) is 48.0. The minimum atomic E-state index is -2.24. The Labute approximate surface area is 416 Å². The van der Waals surface area contributed by atoms with Crippen molar-refractivity contribution < 1.29 is 21.9 Å². The molecule has 9 aromatic rings. The van der Waals surface area contributed by atoms with Crippen molar-refractivity contribution in [2.75, 3.05) is 0 Å². The van der Waals surface area contributed by atoms with Gasteiger partial charge in [0.05, 0.1) is 0 Å². The average Bonchev–Trinajstić information content (AvgIpc) is 3.34. The summed E-state index contributed by atoms with van der Waals surface area (Å²) in [7, 11) is 6.05. The van der Waals surface area contributed by atoms with E-state index < -0.39 is 13.7 Å². The van der Waals surface area contributed by atoms with Crippen LogP contribution >= 0.6 is 0 Å². The van der Waals surface area contributed by atoms with Gasteiger partial charge in [0.1, 0.15) is 21.1 Å². The van der Waals surface area contributed by atoms with Gasteiger partial charge < -0.3 is 0 Å². The van der Waals surface area contributed by atoms with Crippen LogP contribution in [0.15, 0.2) is 170 Å². The highest BCUT2D eigenvalue weighted by molar-refractivity contribution is 5.78. The minimum Gasteiger partial charge on any atom is -0.201 e. The Morgan fingerprint density at radius 2 is 0.618 bits per heavy atom. The summed E-state index contributed by atoms with van der Waals surface area (Å²) in [6, 6.07) is 52.1. The third-order valence-electron chi connectivity index (χ3n) is 13.1. The maximum absolute atomic E-state index is 7.97. The highest BCUT2D eigenvalue weighted by atomic mass is 14.9. The Bertz CT molecular complexity index is 3470. The van der Waals surface area contributed by atoms with Crippen molar-refractivity contribution in [3.05, 3.63) is 231 Å². The van der Waals surface area contributed by atoms with Gasteiger partial charge in [0.15, 0.2) is 18.6 Å². The van der Waals surface area contributed by atoms with Crippen LogP contribution in [0.5, 0.6) is 0 Å². The number of benzene rings is 6. The molecule has 0 atom stereocenters. The number of aromatic nitrogens is 3. The normalized spacial score (nSPS) is 12.5. The maximum Gasteiger partial charge on any atom is 0.212 e. The van der Waals surface area contributed by atoms with Gasteiger partial charge in [-0.15, -0.1) is 0 Å². The number of pyridine rings is 3. The molecule has 342 valence electrons. The van der Waals surface area contributed by atoms with Crippen LogP contribution in [0.1, 0.15) is 69.4 Å². The summed E-state index contributed by atoms with van der Waals surface area (Å²) >= 11 is 0. The molecule has 0 saturated carbocycles. The van der Waals surface area contributed by atoms with Crippen LogP contribution in [0.25, 0.3) is 67.2 Å². The Kier molecular flexibility index (Phi) is 12.8. The monoisotopic (exact) mass is 899 g/mol. The van der Waals surface area contributed by atoms with Gasteiger partial charge >= 0.3 is 0 Å². The lowest BCUT2D eigenvalue weighted by Gasteiger charge is -2.12. The highest BCUT2D eigenvalue weighted by Gasteiger charge is 2.19. The van der Waals surface area contributed by atoms with E-state index in [0.717, 1.165) is 22.4 Å². The van der Waals surface area contributed by atoms with E-state index in [1.54, 1.807) is 23.8 Å². The summed E-state index contributed by atoms with van der Waals surface area (Å²) < 4.78 is 53.3. The fourth-order valence-electron chi connectivity index (χ4n) is 9.15. The second-order valence-corrected chi connectivity index (χ2v) is 18.5. The second kappa shape index (κ2) is 21.2. The van der Waals surface area contributed by atoms with Gasteiger partial charge in [-0.25, -0.2) is 13.7 Å². The molecule has 0 N–H and O–H groups in total. The van der Waals surface area contributed by atoms with E-state index in [-0.39, 0.29) is 0 Å². The predicted molar refractivity (Wildman–Crippen MR) is 288 cm³/mol. The van der Waals surface area contributed by atoms with Crippen LogP contribution in [-0.2, 0) is 21.1 Å². The molecule has 0 aliphatic carbocycles. The smallest absolute Gasteiger partial charge is 0.201 e. The number of rotatable bonds is 6. The van der Waals surface area contributed by atoms with E-state index in [9.17, 15) is 0 Å². The molecule has 0 aliphatic rings. The van der Waals surface area contributed by atoms with Crippen molar-refractivity contribution in [1.82, 2.24) is 0 Å². The van der Waals surface area contributed by atoms with Gasteiger partial charge in [-0.05, 0) is 178 Å². The first kappa shape index (κ1) is 41.0. The van der Waals surface area contributed by atoms with Crippen LogP contribution in [-0.4, -0.2) is 0 Å². The lowest BCUT2D eigenvalue weighted by Crippen LogP contribution is -2.31. The third-order valence-corrected chi connectivity index (χ3v) is 13.1. The SMILES string of the molecule is Cc1cc(-c2cc(-c3ccccc3)c(C)cc2C)[n+](C)cc1C.Cc1ccc(-c2cc(-c3ccccc3)c(C)cc2C)[n+](C)c1.[2H]C([2H])([2H])c1c[n+](C)c(-c2cc(-c3ccccc3)c(C([2H])([2H])[2H])cc2C)cc1C. The lowest BCUT2D eigenvalue weighted by atomic mass is 9.93. The van der Waals surface area contributed by atoms with Crippen molar-refractivity contribution in [3.63, 3.8) is 0 Å². The Hall–Kier alpha value is -7.23. The van der Waals surface area contributed by atoms with Crippen molar-refractivity contribution >= 4 is 0 Å². The van der Waals surface area contributed by atoms with Crippen molar-refractivity contribution in [2.24, 2.45) is 21.1 Å². The maximum atomic E-state index is 7.97. The standard InChI is InChI=1S/2C22H24N.C21H22N/c2*1-15-12-22(23(5)14-18(15)4)21-13-20(16(2)11-17(21)3)19-9-7-6-8-10-19;1-15-10-11-21(22(4)14-15)20-13-19(16(2)12-17(20)3)18-8-6-5-7-9-18/h2*6-14H,1-5H3;5-14H,1-4H3/q3*+1/i2D3,4D3;;. The first-order valence-corrected chi connectivity index (χ1v) is 23.4. The van der Waals surface area contributed by atoms with Crippen LogP contribution in [0.2, 0.25) is 0 Å². The zero-order chi connectivity index (χ0) is 53.8. The van der Waals surface area contributed by atoms with Gasteiger partial charge in [-0.3, -0.25) is 0 Å². The van der Waals surface area contributed by atoms with Gasteiger partial charge in [-0.1, -0.05) is 109 Å². The summed E-state index contributed by atoms with van der Waals surface area (Å²) in [5.74, 6) is 0. The van der Waals surface area contributed by atoms with Crippen LogP contribution in [0.3, 0.4) is 0 Å². The van der Waals surface area contributed by atoms with E-state index in [1.165, 1.54) is 83.7 Å². The molecule has 0 radical (unpaired) electrons. The Morgan fingerprint density at radius 1 is 0.279 bits per heavy atom. The van der Waals surface area contributed by atoms with Gasteiger partial charge in [0.2, 0.25) is 17.1 Å². The first-order valence-electron chi connectivity index (χ1n) is 26.4. The number of nitrogens with zero attached hydrogens (tertiary/aromatic N) is 3. The van der Waals surface area contributed by atoms with E-state index in [0.29, 0.717) is 22.3 Å². The fraction of sp³-hybridized carbons (Fsp3) is 0.215. The molecular weight excluding hydrogens is 823 g/mol. The Balaban J connectivity index is 0.000000164. The topological polar surface area (TPSA) is 11.6 Å². The molecule has 0 amide bonds. The molecule has 3 heteroatoms. The molecular formula is C65H70N3+3. The number of hydrogen-bond acceptors (Lipinski definition) is 0. The van der Waals surface area contributed by atoms with Crippen molar-refractivity contribution in [1.29, 1.82) is 0 Å². The molecule has 0 bridgehead atoms. The van der Waals surface area contributed by atoms with Crippen molar-refractivity contribution in [3.8, 4) is 67.2 Å². The van der Waals surface area contributed by atoms with E-state index in [1.807, 2.05) is 56.4 Å². The van der Waals surface area contributed by atoms with Gasteiger partial charge in [-0.2, -0.15) is 0 Å². The summed E-state index contributed by atoms with van der Waals surface area (Å²) in [5.41, 5.74) is 24.8. The third kappa shape index (κ3) is 11.0. The molecule has 3 aromatic heterocycles. The summed E-state index contributed by atoms with van der Waals surface area (Å²) in [5, 5.41) is 0. The molecule has 9 rings (SSSR count). The quantitative estimate of drug-likeness (QED) is 0.147. The van der Waals surface area contributed by atoms with E-state index in [4.69, 9.17) is 8.22 Å². The summed E-state index contributed by atoms with van der Waals surface area (Å²) in [4.78, 5) is 0. The van der Waals surface area contributed by atoms with Crippen molar-refractivity contribution in [2.45, 2.75) is 76.0 Å². The highest BCUT2D eigenvalue weighted by Crippen LogP contribution is 2.34. The zero-order valence-corrected chi connectivity index (χ0v) is 42.0. The van der Waals surface area contributed by atoms with Crippen LogP contribution < -0.4 is 13.7 Å². The molecule has 3 nitrogen and oxygen atoms in total. The molecule has 0 aliphatic heterocycles. The molecule has 0 saturated heterocycles. The number of hydrogen-bond donors (Lipinski definition) is 0. The molecule has 6 aromatic carbocycles. The van der Waals surface area contributed by atoms with E-state index in [2.05, 4.69) is 187 Å².